The number of hydrogen-bond acceptors (Lipinski definition) is 3. The van der Waals surface area contributed by atoms with Crippen molar-refractivity contribution in [2.45, 2.75) is 26.2 Å². The summed E-state index contributed by atoms with van der Waals surface area (Å²) in [6, 6.07) is 1.95. The van der Waals surface area contributed by atoms with E-state index in [1.54, 1.807) is 14.2 Å². The largest absolute Gasteiger partial charge is 0.493 e. The zero-order chi connectivity index (χ0) is 13.0. The molecule has 0 aliphatic rings. The van der Waals surface area contributed by atoms with Crippen LogP contribution < -0.4 is 9.47 Å². The minimum Gasteiger partial charge on any atom is -0.493 e. The van der Waals surface area contributed by atoms with Gasteiger partial charge in [0, 0.05) is 12.5 Å². The topological polar surface area (TPSA) is 38.7 Å². The number of methoxy groups -OCH3 is 2. The van der Waals surface area contributed by atoms with E-state index in [1.807, 2.05) is 13.0 Å². The van der Waals surface area contributed by atoms with Gasteiger partial charge in [-0.05, 0) is 39.5 Å². The van der Waals surface area contributed by atoms with Crippen LogP contribution in [-0.2, 0) is 6.42 Å². The lowest BCUT2D eigenvalue weighted by atomic mass is 9.94. The Balaban J connectivity index is 3.45. The molecule has 0 radical (unpaired) electrons. The van der Waals surface area contributed by atoms with Gasteiger partial charge in [0.1, 0.15) is 0 Å². The standard InChI is InChI=1S/C13H19BrO3/c1-5-9-10(8(2)7-15)6-11(16-3)13(17-4)12(9)14/h6,8,15H,5,7H2,1-4H3. The van der Waals surface area contributed by atoms with Gasteiger partial charge in [-0.25, -0.2) is 0 Å². The highest BCUT2D eigenvalue weighted by Crippen LogP contribution is 2.42. The lowest BCUT2D eigenvalue weighted by molar-refractivity contribution is 0.272. The molecular formula is C13H19BrO3. The molecule has 1 N–H and O–H groups in total. The molecule has 0 aliphatic carbocycles. The third-order valence-corrected chi connectivity index (χ3v) is 3.74. The van der Waals surface area contributed by atoms with Gasteiger partial charge in [0.05, 0.1) is 18.7 Å². The van der Waals surface area contributed by atoms with Crippen molar-refractivity contribution in [3.63, 3.8) is 0 Å². The van der Waals surface area contributed by atoms with Crippen LogP contribution in [0.3, 0.4) is 0 Å². The molecule has 0 fully saturated rings. The summed E-state index contributed by atoms with van der Waals surface area (Å²) in [5.74, 6) is 1.48. The Kier molecular flexibility index (Phi) is 5.28. The summed E-state index contributed by atoms with van der Waals surface area (Å²) in [6.45, 7) is 4.20. The van der Waals surface area contributed by atoms with Crippen LogP contribution in [0, 0.1) is 0 Å². The maximum Gasteiger partial charge on any atom is 0.175 e. The van der Waals surface area contributed by atoms with Crippen LogP contribution in [0.25, 0.3) is 0 Å². The lowest BCUT2D eigenvalue weighted by Crippen LogP contribution is -2.06. The fourth-order valence-electron chi connectivity index (χ4n) is 1.91. The van der Waals surface area contributed by atoms with Crippen LogP contribution in [0.15, 0.2) is 10.5 Å². The van der Waals surface area contributed by atoms with Gasteiger partial charge in [0.15, 0.2) is 11.5 Å². The molecular weight excluding hydrogens is 284 g/mol. The molecule has 1 rings (SSSR count). The Morgan fingerprint density at radius 2 is 2.00 bits per heavy atom. The molecule has 1 unspecified atom stereocenters. The van der Waals surface area contributed by atoms with Gasteiger partial charge in [-0.15, -0.1) is 0 Å². The van der Waals surface area contributed by atoms with Gasteiger partial charge in [0.2, 0.25) is 0 Å². The molecule has 0 saturated carbocycles. The first-order valence-corrected chi connectivity index (χ1v) is 6.44. The molecule has 0 amide bonds. The van der Waals surface area contributed by atoms with E-state index >= 15 is 0 Å². The SMILES string of the molecule is CCc1c(C(C)CO)cc(OC)c(OC)c1Br. The normalized spacial score (nSPS) is 12.4. The van der Waals surface area contributed by atoms with Crippen molar-refractivity contribution in [3.8, 4) is 11.5 Å². The quantitative estimate of drug-likeness (QED) is 0.908. The number of aliphatic hydroxyl groups excluding tert-OH is 1. The minimum atomic E-state index is 0.0843. The Hall–Kier alpha value is -0.740. The van der Waals surface area contributed by atoms with E-state index in [0.717, 1.165) is 22.0 Å². The Bertz CT molecular complexity index is 391. The Morgan fingerprint density at radius 3 is 2.41 bits per heavy atom. The van der Waals surface area contributed by atoms with Crippen LogP contribution in [0.5, 0.6) is 11.5 Å². The predicted octanol–water partition coefficient (Wildman–Crippen LogP) is 3.12. The molecule has 17 heavy (non-hydrogen) atoms. The van der Waals surface area contributed by atoms with Crippen molar-refractivity contribution in [3.05, 3.63) is 21.7 Å². The summed E-state index contributed by atoms with van der Waals surface area (Å²) >= 11 is 3.55. The van der Waals surface area contributed by atoms with E-state index in [1.165, 1.54) is 0 Å². The molecule has 0 spiro atoms. The molecule has 4 heteroatoms. The van der Waals surface area contributed by atoms with Crippen molar-refractivity contribution in [2.24, 2.45) is 0 Å². The molecule has 0 bridgehead atoms. The van der Waals surface area contributed by atoms with Crippen LogP contribution in [0.4, 0.5) is 0 Å². The van der Waals surface area contributed by atoms with E-state index in [-0.39, 0.29) is 12.5 Å². The number of hydrogen-bond donors (Lipinski definition) is 1. The second kappa shape index (κ2) is 6.26. The first kappa shape index (κ1) is 14.3. The number of ether oxygens (including phenoxy) is 2. The zero-order valence-electron chi connectivity index (χ0n) is 10.7. The molecule has 0 aliphatic heterocycles. The van der Waals surface area contributed by atoms with Crippen LogP contribution in [0.1, 0.15) is 30.9 Å². The number of benzene rings is 1. The highest BCUT2D eigenvalue weighted by atomic mass is 79.9. The van der Waals surface area contributed by atoms with E-state index < -0.39 is 0 Å². The highest BCUT2D eigenvalue weighted by molar-refractivity contribution is 9.10. The second-order valence-electron chi connectivity index (χ2n) is 3.93. The average molecular weight is 303 g/mol. The summed E-state index contributed by atoms with van der Waals surface area (Å²) in [7, 11) is 3.24. The number of aliphatic hydroxyl groups is 1. The smallest absolute Gasteiger partial charge is 0.175 e. The molecule has 0 heterocycles. The van der Waals surface area contributed by atoms with E-state index in [4.69, 9.17) is 9.47 Å². The zero-order valence-corrected chi connectivity index (χ0v) is 12.3. The van der Waals surface area contributed by atoms with Crippen molar-refractivity contribution in [1.29, 1.82) is 0 Å². The average Bonchev–Trinajstić information content (AvgIpc) is 2.36. The molecule has 1 atom stereocenters. The predicted molar refractivity (Wildman–Crippen MR) is 72.1 cm³/mol. The molecule has 1 aromatic carbocycles. The summed E-state index contributed by atoms with van der Waals surface area (Å²) < 4.78 is 11.6. The molecule has 0 saturated heterocycles. The molecule has 96 valence electrons. The summed E-state index contributed by atoms with van der Waals surface area (Å²) in [5, 5.41) is 9.30. The highest BCUT2D eigenvalue weighted by Gasteiger charge is 2.19. The number of halogens is 1. The molecule has 0 aromatic heterocycles. The van der Waals surface area contributed by atoms with Gasteiger partial charge in [-0.3, -0.25) is 0 Å². The van der Waals surface area contributed by atoms with Gasteiger partial charge >= 0.3 is 0 Å². The van der Waals surface area contributed by atoms with Gasteiger partial charge < -0.3 is 14.6 Å². The fraction of sp³-hybridized carbons (Fsp3) is 0.538. The fourth-order valence-corrected chi connectivity index (χ4v) is 2.77. The number of rotatable bonds is 5. The van der Waals surface area contributed by atoms with Crippen molar-refractivity contribution < 1.29 is 14.6 Å². The first-order valence-electron chi connectivity index (χ1n) is 5.64. The van der Waals surface area contributed by atoms with E-state index in [2.05, 4.69) is 22.9 Å². The van der Waals surface area contributed by atoms with Crippen molar-refractivity contribution in [1.82, 2.24) is 0 Å². The Labute approximate surface area is 111 Å². The maximum atomic E-state index is 9.30. The third-order valence-electron chi connectivity index (χ3n) is 2.91. The maximum absolute atomic E-state index is 9.30. The summed E-state index contributed by atoms with van der Waals surface area (Å²) in [5.41, 5.74) is 2.25. The van der Waals surface area contributed by atoms with Gasteiger partial charge in [-0.2, -0.15) is 0 Å². The molecule has 1 aromatic rings. The summed E-state index contributed by atoms with van der Waals surface area (Å²) in [4.78, 5) is 0. The summed E-state index contributed by atoms with van der Waals surface area (Å²) in [6.07, 6.45) is 0.876. The monoisotopic (exact) mass is 302 g/mol. The van der Waals surface area contributed by atoms with Crippen LogP contribution in [-0.4, -0.2) is 25.9 Å². The van der Waals surface area contributed by atoms with Crippen LogP contribution >= 0.6 is 15.9 Å². The minimum absolute atomic E-state index is 0.0843. The van der Waals surface area contributed by atoms with Gasteiger partial charge in [0.25, 0.3) is 0 Å². The van der Waals surface area contributed by atoms with Gasteiger partial charge in [-0.1, -0.05) is 13.8 Å². The van der Waals surface area contributed by atoms with E-state index in [9.17, 15) is 5.11 Å². The van der Waals surface area contributed by atoms with E-state index in [0.29, 0.717) is 11.5 Å². The first-order chi connectivity index (χ1) is 8.10. The second-order valence-corrected chi connectivity index (χ2v) is 4.72. The van der Waals surface area contributed by atoms with Crippen LogP contribution in [0.2, 0.25) is 0 Å². The van der Waals surface area contributed by atoms with Crippen molar-refractivity contribution >= 4 is 15.9 Å². The third kappa shape index (κ3) is 2.75. The van der Waals surface area contributed by atoms with Crippen molar-refractivity contribution in [2.75, 3.05) is 20.8 Å². The molecule has 3 nitrogen and oxygen atoms in total. The lowest BCUT2D eigenvalue weighted by Gasteiger charge is -2.19. The Morgan fingerprint density at radius 1 is 1.35 bits per heavy atom.